The predicted octanol–water partition coefficient (Wildman–Crippen LogP) is -0.627. The van der Waals surface area contributed by atoms with Crippen molar-refractivity contribution in [3.8, 4) is 0 Å². The van der Waals surface area contributed by atoms with Gasteiger partial charge in [-0.05, 0) is 18.2 Å². The number of nitrogens with zero attached hydrogens (tertiary/aromatic N) is 3. The zero-order valence-electron chi connectivity index (χ0n) is 12.6. The van der Waals surface area contributed by atoms with Crippen LogP contribution in [0.15, 0.2) is 27.9 Å². The number of fused-ring (bicyclic) bond motifs is 1. The molecular formula is C13H18N4O4S. The van der Waals surface area contributed by atoms with Gasteiger partial charge in [-0.3, -0.25) is 13.9 Å². The second-order valence-electron chi connectivity index (χ2n) is 4.95. The van der Waals surface area contributed by atoms with Gasteiger partial charge < -0.3 is 5.73 Å². The molecule has 120 valence electrons. The molecule has 22 heavy (non-hydrogen) atoms. The molecule has 0 aliphatic carbocycles. The second-order valence-corrected chi connectivity index (χ2v) is 6.89. The molecule has 0 saturated heterocycles. The van der Waals surface area contributed by atoms with Crippen molar-refractivity contribution in [1.29, 1.82) is 0 Å². The Morgan fingerprint density at radius 2 is 1.82 bits per heavy atom. The Labute approximate surface area is 127 Å². The molecular weight excluding hydrogens is 308 g/mol. The molecule has 0 unspecified atom stereocenters. The van der Waals surface area contributed by atoms with Crippen LogP contribution in [-0.4, -0.2) is 40.9 Å². The Hall–Kier alpha value is -2.13. The molecule has 1 aromatic carbocycles. The number of nitrogens with two attached hydrogens (primary N) is 1. The number of benzene rings is 1. The molecule has 0 spiro atoms. The minimum atomic E-state index is -3.85. The summed E-state index contributed by atoms with van der Waals surface area (Å²) in [6.07, 6.45) is 0. The number of amides is 1. The normalized spacial score (nSPS) is 12.2. The molecule has 2 aromatic rings. The van der Waals surface area contributed by atoms with E-state index in [-0.39, 0.29) is 23.7 Å². The van der Waals surface area contributed by atoms with Gasteiger partial charge in [-0.1, -0.05) is 6.92 Å². The summed E-state index contributed by atoms with van der Waals surface area (Å²) >= 11 is 0. The Balaban J connectivity index is 2.61. The first-order valence-electron chi connectivity index (χ1n) is 6.64. The summed E-state index contributed by atoms with van der Waals surface area (Å²) in [5.74, 6) is -0.724. The number of primary amides is 1. The van der Waals surface area contributed by atoms with Crippen LogP contribution in [0.1, 0.15) is 6.92 Å². The molecule has 9 heteroatoms. The molecule has 1 amide bonds. The lowest BCUT2D eigenvalue weighted by Gasteiger charge is -2.18. The van der Waals surface area contributed by atoms with E-state index < -0.39 is 15.9 Å². The third-order valence-electron chi connectivity index (χ3n) is 3.57. The largest absolute Gasteiger partial charge is 0.369 e. The summed E-state index contributed by atoms with van der Waals surface area (Å²) in [6, 6.07) is 4.41. The topological polar surface area (TPSA) is 107 Å². The zero-order valence-corrected chi connectivity index (χ0v) is 13.4. The van der Waals surface area contributed by atoms with E-state index in [9.17, 15) is 18.0 Å². The molecule has 0 saturated carbocycles. The van der Waals surface area contributed by atoms with E-state index in [1.54, 1.807) is 27.1 Å². The van der Waals surface area contributed by atoms with Gasteiger partial charge in [0.15, 0.2) is 0 Å². The van der Waals surface area contributed by atoms with Crippen molar-refractivity contribution in [2.24, 2.45) is 19.8 Å². The van der Waals surface area contributed by atoms with Crippen LogP contribution in [0.4, 0.5) is 0 Å². The summed E-state index contributed by atoms with van der Waals surface area (Å²) in [7, 11) is -0.663. The van der Waals surface area contributed by atoms with E-state index in [2.05, 4.69) is 0 Å². The number of aromatic nitrogens is 2. The van der Waals surface area contributed by atoms with Crippen LogP contribution in [0, 0.1) is 0 Å². The van der Waals surface area contributed by atoms with E-state index in [0.717, 1.165) is 4.31 Å². The van der Waals surface area contributed by atoms with Crippen LogP contribution in [0.2, 0.25) is 0 Å². The molecule has 0 radical (unpaired) electrons. The fourth-order valence-electron chi connectivity index (χ4n) is 2.34. The van der Waals surface area contributed by atoms with Gasteiger partial charge in [-0.15, -0.1) is 0 Å². The number of carbonyl (C=O) groups excluding carboxylic acids is 1. The lowest BCUT2D eigenvalue weighted by Crippen LogP contribution is -2.38. The van der Waals surface area contributed by atoms with Crippen molar-refractivity contribution >= 4 is 27.0 Å². The molecule has 0 atom stereocenters. The van der Waals surface area contributed by atoms with Crippen molar-refractivity contribution in [3.05, 3.63) is 28.7 Å². The summed E-state index contributed by atoms with van der Waals surface area (Å²) in [4.78, 5) is 22.9. The van der Waals surface area contributed by atoms with Crippen LogP contribution >= 0.6 is 0 Å². The van der Waals surface area contributed by atoms with E-state index >= 15 is 0 Å². The first-order valence-corrected chi connectivity index (χ1v) is 8.08. The highest BCUT2D eigenvalue weighted by atomic mass is 32.2. The maximum Gasteiger partial charge on any atom is 0.328 e. The minimum absolute atomic E-state index is 0.0179. The molecule has 1 heterocycles. The highest BCUT2D eigenvalue weighted by Gasteiger charge is 2.25. The number of likely N-dealkylation sites (N-methyl/N-ethyl adjacent to an activating group) is 1. The van der Waals surface area contributed by atoms with Crippen molar-refractivity contribution in [2.75, 3.05) is 13.1 Å². The Kier molecular flexibility index (Phi) is 4.12. The number of hydrogen-bond acceptors (Lipinski definition) is 4. The van der Waals surface area contributed by atoms with Gasteiger partial charge in [-0.25, -0.2) is 13.2 Å². The average molecular weight is 326 g/mol. The summed E-state index contributed by atoms with van der Waals surface area (Å²) in [5.41, 5.74) is 5.98. The van der Waals surface area contributed by atoms with Crippen molar-refractivity contribution in [3.63, 3.8) is 0 Å². The maximum atomic E-state index is 12.6. The Morgan fingerprint density at radius 1 is 1.23 bits per heavy atom. The molecule has 1 aromatic heterocycles. The van der Waals surface area contributed by atoms with Crippen LogP contribution < -0.4 is 11.4 Å². The van der Waals surface area contributed by atoms with Gasteiger partial charge in [0.1, 0.15) is 0 Å². The highest BCUT2D eigenvalue weighted by Crippen LogP contribution is 2.20. The Morgan fingerprint density at radius 3 is 2.36 bits per heavy atom. The van der Waals surface area contributed by atoms with E-state index in [0.29, 0.717) is 11.0 Å². The van der Waals surface area contributed by atoms with E-state index in [4.69, 9.17) is 5.73 Å². The van der Waals surface area contributed by atoms with Gasteiger partial charge in [0.25, 0.3) is 0 Å². The second kappa shape index (κ2) is 5.58. The number of imidazole rings is 1. The number of aryl methyl sites for hydroxylation is 2. The smallest absolute Gasteiger partial charge is 0.328 e. The van der Waals surface area contributed by atoms with Crippen LogP contribution in [0.25, 0.3) is 11.0 Å². The monoisotopic (exact) mass is 326 g/mol. The lowest BCUT2D eigenvalue weighted by molar-refractivity contribution is -0.118. The Bertz CT molecular complexity index is 895. The standard InChI is InChI=1S/C13H18N4O4S/c1-4-17(8-12(14)18)22(20,21)9-5-6-10-11(7-9)16(3)13(19)15(10)2/h5-7H,4,8H2,1-3H3,(H2,14,18). The first-order chi connectivity index (χ1) is 10.2. The van der Waals surface area contributed by atoms with Crippen molar-refractivity contribution in [1.82, 2.24) is 13.4 Å². The molecule has 2 rings (SSSR count). The molecule has 8 nitrogen and oxygen atoms in total. The number of carbonyl (C=O) groups is 1. The van der Waals surface area contributed by atoms with E-state index in [1.165, 1.54) is 21.3 Å². The number of hydrogen-bond donors (Lipinski definition) is 1. The zero-order chi connectivity index (χ0) is 16.7. The van der Waals surface area contributed by atoms with Crippen LogP contribution in [-0.2, 0) is 28.9 Å². The van der Waals surface area contributed by atoms with Gasteiger partial charge in [-0.2, -0.15) is 4.31 Å². The lowest BCUT2D eigenvalue weighted by atomic mass is 10.3. The van der Waals surface area contributed by atoms with Gasteiger partial charge in [0.05, 0.1) is 22.5 Å². The quantitative estimate of drug-likeness (QED) is 0.789. The van der Waals surface area contributed by atoms with Crippen LogP contribution in [0.5, 0.6) is 0 Å². The SMILES string of the molecule is CCN(CC(N)=O)S(=O)(=O)c1ccc2c(c1)n(C)c(=O)n2C. The van der Waals surface area contributed by atoms with Gasteiger partial charge in [0, 0.05) is 20.6 Å². The molecule has 0 fully saturated rings. The molecule has 2 N–H and O–H groups in total. The first kappa shape index (κ1) is 16.2. The highest BCUT2D eigenvalue weighted by molar-refractivity contribution is 7.89. The number of rotatable bonds is 5. The molecule has 0 aliphatic rings. The third kappa shape index (κ3) is 2.53. The third-order valence-corrected chi connectivity index (χ3v) is 5.48. The van der Waals surface area contributed by atoms with Crippen molar-refractivity contribution in [2.45, 2.75) is 11.8 Å². The predicted molar refractivity (Wildman–Crippen MR) is 81.8 cm³/mol. The summed E-state index contributed by atoms with van der Waals surface area (Å²) in [6.45, 7) is 1.36. The molecule has 0 bridgehead atoms. The average Bonchev–Trinajstić information content (AvgIpc) is 2.69. The van der Waals surface area contributed by atoms with Crippen molar-refractivity contribution < 1.29 is 13.2 Å². The fourth-order valence-corrected chi connectivity index (χ4v) is 3.77. The minimum Gasteiger partial charge on any atom is -0.369 e. The molecule has 0 aliphatic heterocycles. The number of sulfonamides is 1. The van der Waals surface area contributed by atoms with Gasteiger partial charge in [0.2, 0.25) is 15.9 Å². The van der Waals surface area contributed by atoms with E-state index in [1.807, 2.05) is 0 Å². The van der Waals surface area contributed by atoms with Crippen LogP contribution in [0.3, 0.4) is 0 Å². The fraction of sp³-hybridized carbons (Fsp3) is 0.385. The summed E-state index contributed by atoms with van der Waals surface area (Å²) < 4.78 is 28.9. The maximum absolute atomic E-state index is 12.6. The summed E-state index contributed by atoms with van der Waals surface area (Å²) in [5, 5.41) is 0. The van der Waals surface area contributed by atoms with Gasteiger partial charge >= 0.3 is 5.69 Å².